The summed E-state index contributed by atoms with van der Waals surface area (Å²) in [7, 11) is 0. The molecule has 0 radical (unpaired) electrons. The van der Waals surface area contributed by atoms with Crippen LogP contribution >= 0.6 is 0 Å². The topological polar surface area (TPSA) is 49.5 Å². The van der Waals surface area contributed by atoms with E-state index in [2.05, 4.69) is 36.9 Å². The molecule has 1 saturated heterocycles. The second-order valence-corrected chi connectivity index (χ2v) is 6.60. The lowest BCUT2D eigenvalue weighted by atomic mass is 9.77. The van der Waals surface area contributed by atoms with Crippen molar-refractivity contribution in [2.24, 2.45) is 5.41 Å². The fourth-order valence-corrected chi connectivity index (χ4v) is 3.04. The lowest BCUT2D eigenvalue weighted by Crippen LogP contribution is -2.44. The van der Waals surface area contributed by atoms with E-state index < -0.39 is 0 Å². The van der Waals surface area contributed by atoms with Gasteiger partial charge in [0.15, 0.2) is 5.76 Å². The molecule has 0 aromatic carbocycles. The summed E-state index contributed by atoms with van der Waals surface area (Å²) >= 11 is 0. The van der Waals surface area contributed by atoms with Crippen molar-refractivity contribution in [3.63, 3.8) is 0 Å². The quantitative estimate of drug-likeness (QED) is 0.818. The Kier molecular flexibility index (Phi) is 5.59. The first-order valence-corrected chi connectivity index (χ1v) is 7.98. The van der Waals surface area contributed by atoms with Crippen LogP contribution in [0.3, 0.4) is 0 Å². The van der Waals surface area contributed by atoms with Gasteiger partial charge in [-0.3, -0.25) is 4.90 Å². The summed E-state index contributed by atoms with van der Waals surface area (Å²) in [5.41, 5.74) is 2.34. The molecule has 0 amide bonds. The lowest BCUT2D eigenvalue weighted by Gasteiger charge is -2.41. The minimum Gasteiger partial charge on any atom is -0.396 e. The molecule has 2 rings (SSSR count). The van der Waals surface area contributed by atoms with Crippen LogP contribution in [0.25, 0.3) is 0 Å². The Morgan fingerprint density at radius 1 is 1.52 bits per heavy atom. The van der Waals surface area contributed by atoms with Gasteiger partial charge in [0.05, 0.1) is 18.8 Å². The molecule has 0 aliphatic carbocycles. The predicted molar refractivity (Wildman–Crippen MR) is 84.0 cm³/mol. The highest BCUT2D eigenvalue weighted by Gasteiger charge is 2.34. The van der Waals surface area contributed by atoms with Crippen molar-refractivity contribution >= 4 is 0 Å². The molecule has 1 aromatic rings. The number of rotatable bonds is 6. The number of hydrogen-bond acceptors (Lipinski definition) is 4. The normalized spacial score (nSPS) is 23.2. The Balaban J connectivity index is 1.99. The molecule has 1 fully saturated rings. The predicted octanol–water partition coefficient (Wildman–Crippen LogP) is 3.17. The highest BCUT2D eigenvalue weighted by Crippen LogP contribution is 2.34. The molecule has 4 heteroatoms. The molecule has 1 atom stereocenters. The average molecular weight is 292 g/mol. The van der Waals surface area contributed by atoms with Crippen molar-refractivity contribution < 1.29 is 9.63 Å². The van der Waals surface area contributed by atoms with Crippen molar-refractivity contribution in [2.45, 2.75) is 53.0 Å². The lowest BCUT2D eigenvalue weighted by molar-refractivity contribution is 0.0272. The average Bonchev–Trinajstić information content (AvgIpc) is 2.93. The van der Waals surface area contributed by atoms with E-state index in [0.29, 0.717) is 0 Å². The zero-order valence-electron chi connectivity index (χ0n) is 13.6. The maximum absolute atomic E-state index is 9.89. The van der Waals surface area contributed by atoms with Gasteiger partial charge >= 0.3 is 0 Å². The van der Waals surface area contributed by atoms with Gasteiger partial charge in [0.2, 0.25) is 0 Å². The highest BCUT2D eigenvalue weighted by atomic mass is 16.5. The van der Waals surface area contributed by atoms with Crippen LogP contribution in [-0.2, 0) is 13.0 Å². The van der Waals surface area contributed by atoms with E-state index in [4.69, 9.17) is 4.52 Å². The molecule has 21 heavy (non-hydrogen) atoms. The first-order valence-electron chi connectivity index (χ1n) is 7.98. The summed E-state index contributed by atoms with van der Waals surface area (Å²) in [4.78, 5) is 2.39. The second kappa shape index (κ2) is 7.23. The molecule has 1 aromatic heterocycles. The summed E-state index contributed by atoms with van der Waals surface area (Å²) < 4.78 is 5.39. The third kappa shape index (κ3) is 4.42. The van der Waals surface area contributed by atoms with Gasteiger partial charge in [0, 0.05) is 18.0 Å². The molecule has 0 spiro atoms. The molecule has 1 aliphatic rings. The summed E-state index contributed by atoms with van der Waals surface area (Å²) in [6.07, 6.45) is 6.35. The Morgan fingerprint density at radius 3 is 2.95 bits per heavy atom. The third-order valence-corrected chi connectivity index (χ3v) is 4.37. The Bertz CT molecular complexity index is 477. The van der Waals surface area contributed by atoms with E-state index in [-0.39, 0.29) is 12.0 Å². The molecule has 2 heterocycles. The minimum atomic E-state index is 0.00310. The van der Waals surface area contributed by atoms with Crippen LogP contribution < -0.4 is 0 Å². The molecule has 0 bridgehead atoms. The van der Waals surface area contributed by atoms with Crippen LogP contribution in [0.4, 0.5) is 0 Å². The Labute approximate surface area is 127 Å². The van der Waals surface area contributed by atoms with Gasteiger partial charge in [-0.05, 0) is 46.1 Å². The van der Waals surface area contributed by atoms with Crippen LogP contribution in [0.15, 0.2) is 22.2 Å². The van der Waals surface area contributed by atoms with Gasteiger partial charge in [-0.2, -0.15) is 0 Å². The third-order valence-electron chi connectivity index (χ3n) is 4.37. The first-order chi connectivity index (χ1) is 10.1. The molecule has 1 aliphatic heterocycles. The maximum atomic E-state index is 9.89. The van der Waals surface area contributed by atoms with Crippen LogP contribution in [0, 0.1) is 5.41 Å². The van der Waals surface area contributed by atoms with E-state index in [1.807, 2.05) is 6.07 Å². The van der Waals surface area contributed by atoms with Gasteiger partial charge in [0.1, 0.15) is 0 Å². The molecule has 1 N–H and O–H groups in total. The van der Waals surface area contributed by atoms with E-state index in [1.54, 1.807) is 0 Å². The second-order valence-electron chi connectivity index (χ2n) is 6.60. The van der Waals surface area contributed by atoms with Gasteiger partial charge < -0.3 is 9.63 Å². The number of aliphatic hydroxyl groups excluding tert-OH is 1. The van der Waals surface area contributed by atoms with E-state index in [0.717, 1.165) is 56.8 Å². The maximum Gasteiger partial charge on any atom is 0.150 e. The fourth-order valence-electron chi connectivity index (χ4n) is 3.04. The fraction of sp³-hybridized carbons (Fsp3) is 0.706. The summed E-state index contributed by atoms with van der Waals surface area (Å²) in [5, 5.41) is 13.9. The molecule has 0 saturated carbocycles. The van der Waals surface area contributed by atoms with Crippen LogP contribution in [0.1, 0.15) is 51.5 Å². The van der Waals surface area contributed by atoms with Crippen molar-refractivity contribution in [1.29, 1.82) is 0 Å². The minimum absolute atomic E-state index is 0.00310. The number of nitrogens with zero attached hydrogens (tertiary/aromatic N) is 2. The summed E-state index contributed by atoms with van der Waals surface area (Å²) in [6, 6.07) is 2.05. The standard InChI is InChI=1S/C17H28N2O2/c1-4-15-10-16(21-18-15)11-19-9-5-7-17(12-19,13-20)8-6-14(2)3/h6,10,20H,4-5,7-9,11-13H2,1-3H3/t17-/m1/s1. The van der Waals surface area contributed by atoms with Gasteiger partial charge in [0.25, 0.3) is 0 Å². The molecule has 4 nitrogen and oxygen atoms in total. The number of aryl methyl sites for hydroxylation is 1. The highest BCUT2D eigenvalue weighted by molar-refractivity contribution is 5.06. The summed E-state index contributed by atoms with van der Waals surface area (Å²) in [5.74, 6) is 0.933. The van der Waals surface area contributed by atoms with Crippen LogP contribution in [-0.4, -0.2) is 34.9 Å². The number of aliphatic hydroxyl groups is 1. The zero-order chi connectivity index (χ0) is 15.3. The van der Waals surface area contributed by atoms with E-state index in [1.165, 1.54) is 5.57 Å². The smallest absolute Gasteiger partial charge is 0.150 e. The monoisotopic (exact) mass is 292 g/mol. The zero-order valence-corrected chi connectivity index (χ0v) is 13.6. The molecule has 118 valence electrons. The van der Waals surface area contributed by atoms with Crippen molar-refractivity contribution in [2.75, 3.05) is 19.7 Å². The summed E-state index contributed by atoms with van der Waals surface area (Å²) in [6.45, 7) is 9.36. The Hall–Kier alpha value is -1.13. The number of aromatic nitrogens is 1. The van der Waals surface area contributed by atoms with Gasteiger partial charge in [-0.25, -0.2) is 0 Å². The van der Waals surface area contributed by atoms with Crippen molar-refractivity contribution in [3.05, 3.63) is 29.2 Å². The van der Waals surface area contributed by atoms with Crippen molar-refractivity contribution in [1.82, 2.24) is 10.1 Å². The van der Waals surface area contributed by atoms with Gasteiger partial charge in [-0.15, -0.1) is 0 Å². The number of hydrogen-bond donors (Lipinski definition) is 1. The number of piperidine rings is 1. The SMILES string of the molecule is CCc1cc(CN2CCC[C@@](CO)(CC=C(C)C)C2)on1. The largest absolute Gasteiger partial charge is 0.396 e. The van der Waals surface area contributed by atoms with E-state index in [9.17, 15) is 5.11 Å². The van der Waals surface area contributed by atoms with E-state index >= 15 is 0 Å². The Morgan fingerprint density at radius 2 is 2.33 bits per heavy atom. The molecular weight excluding hydrogens is 264 g/mol. The van der Waals surface area contributed by atoms with Crippen LogP contribution in [0.2, 0.25) is 0 Å². The molecule has 0 unspecified atom stereocenters. The van der Waals surface area contributed by atoms with Crippen molar-refractivity contribution in [3.8, 4) is 0 Å². The van der Waals surface area contributed by atoms with Crippen LogP contribution in [0.5, 0.6) is 0 Å². The number of likely N-dealkylation sites (tertiary alicyclic amines) is 1. The van der Waals surface area contributed by atoms with Gasteiger partial charge in [-0.1, -0.05) is 23.7 Å². The number of allylic oxidation sites excluding steroid dienone is 2. The molecular formula is C17H28N2O2. The first kappa shape index (κ1) is 16.2.